The summed E-state index contributed by atoms with van der Waals surface area (Å²) in [5.74, 6) is 0. The molecular formula is C15H24N2O. The number of hydrogen-bond donors (Lipinski definition) is 1. The molecular weight excluding hydrogens is 224 g/mol. The van der Waals surface area contributed by atoms with E-state index >= 15 is 0 Å². The van der Waals surface area contributed by atoms with E-state index in [1.165, 1.54) is 5.56 Å². The maximum absolute atomic E-state index is 12.0. The van der Waals surface area contributed by atoms with Gasteiger partial charge in [0.1, 0.15) is 0 Å². The van der Waals surface area contributed by atoms with Gasteiger partial charge in [-0.05, 0) is 23.5 Å². The average molecular weight is 248 g/mol. The lowest BCUT2D eigenvalue weighted by Gasteiger charge is -2.27. The third-order valence-electron chi connectivity index (χ3n) is 2.90. The van der Waals surface area contributed by atoms with E-state index in [1.54, 1.807) is 4.90 Å². The number of anilines is 1. The Bertz CT molecular complexity index is 407. The molecule has 0 aliphatic rings. The zero-order valence-electron chi connectivity index (χ0n) is 12.1. The van der Waals surface area contributed by atoms with Crippen molar-refractivity contribution in [2.24, 2.45) is 0 Å². The Hall–Kier alpha value is -1.51. The number of benzene rings is 1. The fourth-order valence-corrected chi connectivity index (χ4v) is 1.86. The van der Waals surface area contributed by atoms with Crippen LogP contribution < -0.4 is 10.2 Å². The summed E-state index contributed by atoms with van der Waals surface area (Å²) in [4.78, 5) is 13.7. The number of hydrogen-bond acceptors (Lipinski definition) is 1. The second-order valence-corrected chi connectivity index (χ2v) is 5.56. The zero-order chi connectivity index (χ0) is 13.8. The highest BCUT2D eigenvalue weighted by Gasteiger charge is 2.21. The van der Waals surface area contributed by atoms with Gasteiger partial charge in [-0.15, -0.1) is 0 Å². The van der Waals surface area contributed by atoms with Gasteiger partial charge in [0.05, 0.1) is 0 Å². The third kappa shape index (κ3) is 3.49. The van der Waals surface area contributed by atoms with E-state index in [9.17, 15) is 4.79 Å². The van der Waals surface area contributed by atoms with Crippen molar-refractivity contribution in [2.45, 2.75) is 39.5 Å². The minimum absolute atomic E-state index is 0.0237. The van der Waals surface area contributed by atoms with Gasteiger partial charge in [-0.3, -0.25) is 4.90 Å². The van der Waals surface area contributed by atoms with Gasteiger partial charge >= 0.3 is 6.03 Å². The molecule has 3 nitrogen and oxygen atoms in total. The lowest BCUT2D eigenvalue weighted by Crippen LogP contribution is -2.38. The predicted octanol–water partition coefficient (Wildman–Crippen LogP) is 3.54. The Morgan fingerprint density at radius 3 is 2.44 bits per heavy atom. The molecule has 0 bridgehead atoms. The van der Waals surface area contributed by atoms with Crippen molar-refractivity contribution in [2.75, 3.05) is 18.5 Å². The molecule has 0 fully saturated rings. The third-order valence-corrected chi connectivity index (χ3v) is 2.90. The molecule has 0 aromatic heterocycles. The summed E-state index contributed by atoms with van der Waals surface area (Å²) in [5.41, 5.74) is 2.17. The van der Waals surface area contributed by atoms with Crippen molar-refractivity contribution in [1.82, 2.24) is 5.32 Å². The number of nitrogens with zero attached hydrogens (tertiary/aromatic N) is 1. The largest absolute Gasteiger partial charge is 0.338 e. The fraction of sp³-hybridized carbons (Fsp3) is 0.533. The fourth-order valence-electron chi connectivity index (χ4n) is 1.86. The second kappa shape index (κ2) is 5.89. The highest BCUT2D eigenvalue weighted by Crippen LogP contribution is 2.31. The zero-order valence-corrected chi connectivity index (χ0v) is 12.1. The van der Waals surface area contributed by atoms with Crippen LogP contribution in [0.4, 0.5) is 10.5 Å². The van der Waals surface area contributed by atoms with Crippen LogP contribution in [0.1, 0.15) is 39.7 Å². The number of carbonyl (C=O) groups excluding carboxylic acids is 1. The number of amides is 2. The molecule has 0 radical (unpaired) electrons. The van der Waals surface area contributed by atoms with E-state index in [4.69, 9.17) is 0 Å². The van der Waals surface area contributed by atoms with Gasteiger partial charge in [-0.25, -0.2) is 4.79 Å². The maximum atomic E-state index is 12.0. The first-order chi connectivity index (χ1) is 8.38. The quantitative estimate of drug-likeness (QED) is 0.871. The summed E-state index contributed by atoms with van der Waals surface area (Å²) in [6.45, 7) is 9.22. The van der Waals surface area contributed by atoms with Crippen LogP contribution >= 0.6 is 0 Å². The minimum Gasteiger partial charge on any atom is -0.338 e. The second-order valence-electron chi connectivity index (χ2n) is 5.56. The van der Waals surface area contributed by atoms with Crippen molar-refractivity contribution in [3.05, 3.63) is 29.8 Å². The highest BCUT2D eigenvalue weighted by molar-refractivity contribution is 5.92. The summed E-state index contributed by atoms with van der Waals surface area (Å²) >= 11 is 0. The van der Waals surface area contributed by atoms with Gasteiger partial charge < -0.3 is 5.32 Å². The van der Waals surface area contributed by atoms with Crippen LogP contribution in [-0.2, 0) is 5.41 Å². The van der Waals surface area contributed by atoms with Crippen LogP contribution in [0.2, 0.25) is 0 Å². The maximum Gasteiger partial charge on any atom is 0.321 e. The Labute approximate surface area is 110 Å². The standard InChI is InChI=1S/C15H24N2O/c1-6-11-16-14(18)17(5)13-10-8-7-9-12(13)15(2,3)4/h7-10H,6,11H2,1-5H3,(H,16,18). The van der Waals surface area contributed by atoms with Gasteiger partial charge in [0.25, 0.3) is 0 Å². The molecule has 1 aromatic rings. The van der Waals surface area contributed by atoms with Crippen molar-refractivity contribution in [1.29, 1.82) is 0 Å². The molecule has 18 heavy (non-hydrogen) atoms. The van der Waals surface area contributed by atoms with Crippen LogP contribution in [0.3, 0.4) is 0 Å². The summed E-state index contributed by atoms with van der Waals surface area (Å²) < 4.78 is 0. The molecule has 100 valence electrons. The van der Waals surface area contributed by atoms with E-state index in [0.29, 0.717) is 6.54 Å². The van der Waals surface area contributed by atoms with Crippen molar-refractivity contribution in [3.8, 4) is 0 Å². The number of para-hydroxylation sites is 1. The van der Waals surface area contributed by atoms with Gasteiger partial charge in [0.2, 0.25) is 0 Å². The number of rotatable bonds is 3. The van der Waals surface area contributed by atoms with E-state index in [1.807, 2.05) is 32.2 Å². The molecule has 0 saturated heterocycles. The van der Waals surface area contributed by atoms with E-state index in [0.717, 1.165) is 12.1 Å². The molecule has 1 aromatic carbocycles. The lowest BCUT2D eigenvalue weighted by atomic mass is 9.85. The van der Waals surface area contributed by atoms with Crippen LogP contribution in [0.25, 0.3) is 0 Å². The molecule has 0 aliphatic heterocycles. The summed E-state index contributed by atoms with van der Waals surface area (Å²) in [6.07, 6.45) is 0.945. The SMILES string of the molecule is CCCNC(=O)N(C)c1ccccc1C(C)(C)C. The van der Waals surface area contributed by atoms with E-state index in [-0.39, 0.29) is 11.4 Å². The number of urea groups is 1. The number of nitrogens with one attached hydrogen (secondary N) is 1. The van der Waals surface area contributed by atoms with Gasteiger partial charge in [0.15, 0.2) is 0 Å². The molecule has 0 saturated carbocycles. The van der Waals surface area contributed by atoms with Gasteiger partial charge in [0, 0.05) is 19.3 Å². The molecule has 0 heterocycles. The molecule has 1 N–H and O–H groups in total. The van der Waals surface area contributed by atoms with E-state index < -0.39 is 0 Å². The lowest BCUT2D eigenvalue weighted by molar-refractivity contribution is 0.247. The average Bonchev–Trinajstić information content (AvgIpc) is 2.34. The van der Waals surface area contributed by atoms with Crippen LogP contribution in [0.15, 0.2) is 24.3 Å². The first kappa shape index (κ1) is 14.6. The molecule has 3 heteroatoms. The Kier molecular flexibility index (Phi) is 4.76. The Morgan fingerprint density at radius 2 is 1.89 bits per heavy atom. The van der Waals surface area contributed by atoms with E-state index in [2.05, 4.69) is 32.2 Å². The van der Waals surface area contributed by atoms with Crippen molar-refractivity contribution >= 4 is 11.7 Å². The molecule has 0 atom stereocenters. The molecule has 0 unspecified atom stereocenters. The predicted molar refractivity (Wildman–Crippen MR) is 77.2 cm³/mol. The monoisotopic (exact) mass is 248 g/mol. The van der Waals surface area contributed by atoms with Gasteiger partial charge in [-0.1, -0.05) is 45.9 Å². The Balaban J connectivity index is 2.99. The topological polar surface area (TPSA) is 32.3 Å². The molecule has 0 spiro atoms. The summed E-state index contributed by atoms with van der Waals surface area (Å²) in [7, 11) is 1.82. The smallest absolute Gasteiger partial charge is 0.321 e. The number of carbonyl (C=O) groups is 1. The Morgan fingerprint density at radius 1 is 1.28 bits per heavy atom. The summed E-state index contributed by atoms with van der Waals surface area (Å²) in [6, 6.07) is 8.01. The molecule has 1 rings (SSSR count). The van der Waals surface area contributed by atoms with Crippen molar-refractivity contribution < 1.29 is 4.79 Å². The summed E-state index contributed by atoms with van der Waals surface area (Å²) in [5, 5.41) is 2.90. The molecule has 0 aliphatic carbocycles. The van der Waals surface area contributed by atoms with Crippen molar-refractivity contribution in [3.63, 3.8) is 0 Å². The van der Waals surface area contributed by atoms with Gasteiger partial charge in [-0.2, -0.15) is 0 Å². The highest BCUT2D eigenvalue weighted by atomic mass is 16.2. The van der Waals surface area contributed by atoms with Crippen LogP contribution in [0.5, 0.6) is 0 Å². The first-order valence-corrected chi connectivity index (χ1v) is 6.49. The normalized spacial score (nSPS) is 11.2. The van der Waals surface area contributed by atoms with Crippen LogP contribution in [0, 0.1) is 0 Å². The molecule has 2 amide bonds. The minimum atomic E-state index is -0.0476. The first-order valence-electron chi connectivity index (χ1n) is 6.49. The van der Waals surface area contributed by atoms with Crippen LogP contribution in [-0.4, -0.2) is 19.6 Å².